The molecule has 2 N–H and O–H groups in total. The van der Waals surface area contributed by atoms with Crippen LogP contribution in [-0.4, -0.2) is 21.7 Å². The Balaban J connectivity index is 2.78. The Hall–Kier alpha value is -1.36. The molecule has 0 fully saturated rings. The summed E-state index contributed by atoms with van der Waals surface area (Å²) in [6.07, 6.45) is 1.11. The van der Waals surface area contributed by atoms with Crippen LogP contribution in [0.5, 0.6) is 0 Å². The zero-order chi connectivity index (χ0) is 7.40. The quantitative estimate of drug-likeness (QED) is 0.345. The maximum atomic E-state index is 8.48. The molecule has 0 unspecified atom stereocenters. The van der Waals surface area contributed by atoms with Crippen molar-refractivity contribution in [1.82, 2.24) is 5.16 Å². The Morgan fingerprint density at radius 1 is 1.80 bits per heavy atom. The first kappa shape index (κ1) is 6.76. The largest absolute Gasteiger partial charge is 0.411 e. The lowest BCUT2D eigenvalue weighted by Crippen LogP contribution is -1.77. The first-order valence-corrected chi connectivity index (χ1v) is 2.60. The topological polar surface area (TPSA) is 78.9 Å². The smallest absolute Gasteiger partial charge is 0.162 e. The summed E-state index contributed by atoms with van der Waals surface area (Å²) in [6, 6.07) is 1.47. The van der Waals surface area contributed by atoms with Gasteiger partial charge in [-0.25, -0.2) is 0 Å². The molecule has 0 saturated carbocycles. The molecule has 0 saturated heterocycles. The van der Waals surface area contributed by atoms with Crippen LogP contribution in [0.25, 0.3) is 0 Å². The average molecular weight is 142 g/mol. The number of aromatic nitrogens is 1. The van der Waals surface area contributed by atoms with E-state index in [-0.39, 0.29) is 6.61 Å². The van der Waals surface area contributed by atoms with E-state index in [0.29, 0.717) is 11.5 Å². The molecule has 1 aromatic rings. The van der Waals surface area contributed by atoms with E-state index in [0.717, 1.165) is 6.21 Å². The highest BCUT2D eigenvalue weighted by Crippen LogP contribution is 1.99. The van der Waals surface area contributed by atoms with Gasteiger partial charge in [0.25, 0.3) is 0 Å². The molecule has 1 rings (SSSR count). The van der Waals surface area contributed by atoms with Crippen molar-refractivity contribution in [2.24, 2.45) is 5.16 Å². The number of aliphatic hydroxyl groups is 1. The first-order valence-electron chi connectivity index (χ1n) is 2.60. The van der Waals surface area contributed by atoms with Crippen LogP contribution in [0.4, 0.5) is 0 Å². The van der Waals surface area contributed by atoms with Gasteiger partial charge >= 0.3 is 0 Å². The molecule has 0 radical (unpaired) electrons. The third-order valence-corrected chi connectivity index (χ3v) is 0.923. The van der Waals surface area contributed by atoms with Crippen molar-refractivity contribution < 1.29 is 14.8 Å². The van der Waals surface area contributed by atoms with Crippen molar-refractivity contribution in [3.63, 3.8) is 0 Å². The summed E-state index contributed by atoms with van der Waals surface area (Å²) in [5.41, 5.74) is 0.381. The maximum Gasteiger partial charge on any atom is 0.162 e. The van der Waals surface area contributed by atoms with Crippen LogP contribution in [0.3, 0.4) is 0 Å². The van der Waals surface area contributed by atoms with Gasteiger partial charge in [-0.15, -0.1) is 0 Å². The molecule has 1 heterocycles. The van der Waals surface area contributed by atoms with Crippen molar-refractivity contribution in [2.45, 2.75) is 6.61 Å². The van der Waals surface area contributed by atoms with E-state index in [9.17, 15) is 0 Å². The van der Waals surface area contributed by atoms with Gasteiger partial charge in [0.15, 0.2) is 5.76 Å². The third-order valence-electron chi connectivity index (χ3n) is 0.923. The molecule has 0 spiro atoms. The number of oxime groups is 1. The average Bonchev–Trinajstić information content (AvgIpc) is 2.37. The molecule has 5 heteroatoms. The fourth-order valence-corrected chi connectivity index (χ4v) is 0.523. The van der Waals surface area contributed by atoms with E-state index in [2.05, 4.69) is 14.8 Å². The zero-order valence-electron chi connectivity index (χ0n) is 5.06. The van der Waals surface area contributed by atoms with Crippen LogP contribution < -0.4 is 0 Å². The highest BCUT2D eigenvalue weighted by Gasteiger charge is 1.98. The summed E-state index contributed by atoms with van der Waals surface area (Å²) < 4.78 is 4.56. The van der Waals surface area contributed by atoms with Crippen molar-refractivity contribution in [3.05, 3.63) is 17.5 Å². The Kier molecular flexibility index (Phi) is 2.01. The van der Waals surface area contributed by atoms with Gasteiger partial charge in [0.1, 0.15) is 12.3 Å². The summed E-state index contributed by atoms with van der Waals surface area (Å²) in [5.74, 6) is 0.342. The second-order valence-corrected chi connectivity index (χ2v) is 1.62. The number of aliphatic hydroxyl groups excluding tert-OH is 1. The fraction of sp³-hybridized carbons (Fsp3) is 0.200. The standard InChI is InChI=1S/C5H6N2O3/c8-3-5-1-4(2-6-9)7-10-5/h1-2,8-9H,3H2. The second kappa shape index (κ2) is 2.98. The van der Waals surface area contributed by atoms with Crippen LogP contribution >= 0.6 is 0 Å². The molecule has 10 heavy (non-hydrogen) atoms. The van der Waals surface area contributed by atoms with Gasteiger partial charge in [-0.3, -0.25) is 0 Å². The molecule has 0 aliphatic carbocycles. The molecule has 0 aliphatic rings. The van der Waals surface area contributed by atoms with Crippen molar-refractivity contribution in [2.75, 3.05) is 0 Å². The fourth-order valence-electron chi connectivity index (χ4n) is 0.523. The highest BCUT2D eigenvalue weighted by molar-refractivity contribution is 5.75. The van der Waals surface area contributed by atoms with E-state index < -0.39 is 0 Å². The van der Waals surface area contributed by atoms with Crippen molar-refractivity contribution >= 4 is 6.21 Å². The van der Waals surface area contributed by atoms with E-state index in [1.54, 1.807) is 0 Å². The Morgan fingerprint density at radius 2 is 2.60 bits per heavy atom. The summed E-state index contributed by atoms with van der Waals surface area (Å²) >= 11 is 0. The zero-order valence-corrected chi connectivity index (χ0v) is 5.06. The molecule has 0 amide bonds. The Morgan fingerprint density at radius 3 is 3.10 bits per heavy atom. The molecule has 0 aliphatic heterocycles. The predicted octanol–water partition coefficient (Wildman–Crippen LogP) is -0.0250. The van der Waals surface area contributed by atoms with Gasteiger partial charge in [-0.1, -0.05) is 10.3 Å². The lowest BCUT2D eigenvalue weighted by Gasteiger charge is -1.76. The normalized spacial score (nSPS) is 10.9. The molecule has 0 bridgehead atoms. The molecule has 0 aromatic carbocycles. The third kappa shape index (κ3) is 1.32. The van der Waals surface area contributed by atoms with Crippen LogP contribution in [0, 0.1) is 0 Å². The van der Waals surface area contributed by atoms with Crippen molar-refractivity contribution in [3.8, 4) is 0 Å². The molecule has 0 atom stereocenters. The SMILES string of the molecule is OCc1cc(C=NO)no1. The highest BCUT2D eigenvalue weighted by atomic mass is 16.5. The van der Waals surface area contributed by atoms with E-state index in [1.807, 2.05) is 0 Å². The van der Waals surface area contributed by atoms with Gasteiger partial charge in [0, 0.05) is 6.07 Å². The number of rotatable bonds is 2. The number of hydrogen-bond donors (Lipinski definition) is 2. The molecular formula is C5H6N2O3. The van der Waals surface area contributed by atoms with Crippen LogP contribution in [0.1, 0.15) is 11.5 Å². The van der Waals surface area contributed by atoms with Crippen LogP contribution in [0.2, 0.25) is 0 Å². The predicted molar refractivity (Wildman–Crippen MR) is 31.8 cm³/mol. The Labute approximate surface area is 56.6 Å². The Bertz CT molecular complexity index is 231. The molecule has 54 valence electrons. The maximum absolute atomic E-state index is 8.48. The minimum Gasteiger partial charge on any atom is -0.411 e. The van der Waals surface area contributed by atoms with E-state index in [4.69, 9.17) is 10.3 Å². The van der Waals surface area contributed by atoms with Gasteiger partial charge in [-0.2, -0.15) is 0 Å². The lowest BCUT2D eigenvalue weighted by molar-refractivity contribution is 0.229. The summed E-state index contributed by atoms with van der Waals surface area (Å²) in [4.78, 5) is 0. The minimum atomic E-state index is -0.202. The second-order valence-electron chi connectivity index (χ2n) is 1.62. The van der Waals surface area contributed by atoms with Gasteiger partial charge in [0.05, 0.1) is 6.21 Å². The summed E-state index contributed by atoms with van der Waals surface area (Å²) in [5, 5.41) is 22.7. The molecular weight excluding hydrogens is 136 g/mol. The van der Waals surface area contributed by atoms with E-state index >= 15 is 0 Å². The van der Waals surface area contributed by atoms with Gasteiger partial charge in [-0.05, 0) is 0 Å². The van der Waals surface area contributed by atoms with Crippen LogP contribution in [-0.2, 0) is 6.61 Å². The minimum absolute atomic E-state index is 0.202. The van der Waals surface area contributed by atoms with Gasteiger partial charge < -0.3 is 14.8 Å². The van der Waals surface area contributed by atoms with Crippen LogP contribution in [0.15, 0.2) is 15.7 Å². The summed E-state index contributed by atoms with van der Waals surface area (Å²) in [6.45, 7) is -0.202. The first-order chi connectivity index (χ1) is 4.86. The van der Waals surface area contributed by atoms with E-state index in [1.165, 1.54) is 6.07 Å². The monoisotopic (exact) mass is 142 g/mol. The molecule has 1 aromatic heterocycles. The van der Waals surface area contributed by atoms with Gasteiger partial charge in [0.2, 0.25) is 0 Å². The number of hydrogen-bond acceptors (Lipinski definition) is 5. The van der Waals surface area contributed by atoms with Crippen molar-refractivity contribution in [1.29, 1.82) is 0 Å². The molecule has 5 nitrogen and oxygen atoms in total. The summed E-state index contributed by atoms with van der Waals surface area (Å²) in [7, 11) is 0. The number of nitrogens with zero attached hydrogens (tertiary/aromatic N) is 2. The lowest BCUT2D eigenvalue weighted by atomic mass is 10.4.